The molecule has 0 saturated heterocycles. The molecule has 19 heavy (non-hydrogen) atoms. The van der Waals surface area contributed by atoms with Gasteiger partial charge in [0, 0.05) is 24.9 Å². The maximum atomic E-state index is 5.57. The first kappa shape index (κ1) is 12.4. The van der Waals surface area contributed by atoms with Crippen molar-refractivity contribution in [2.24, 2.45) is 0 Å². The molecule has 100 valence electrons. The number of hydrogen-bond donors (Lipinski definition) is 1. The van der Waals surface area contributed by atoms with Crippen LogP contribution in [-0.4, -0.2) is 24.7 Å². The average Bonchev–Trinajstić information content (AvgIpc) is 2.97. The lowest BCUT2D eigenvalue weighted by Crippen LogP contribution is -2.18. The van der Waals surface area contributed by atoms with Crippen molar-refractivity contribution in [3.63, 3.8) is 0 Å². The van der Waals surface area contributed by atoms with Crippen LogP contribution in [0.1, 0.15) is 11.3 Å². The van der Waals surface area contributed by atoms with Gasteiger partial charge in [-0.3, -0.25) is 0 Å². The molecule has 0 radical (unpaired) electrons. The number of nitrogens with one attached hydrogen (secondary N) is 1. The fourth-order valence-electron chi connectivity index (χ4n) is 2.01. The first-order valence-electron chi connectivity index (χ1n) is 6.38. The van der Waals surface area contributed by atoms with Gasteiger partial charge in [0.25, 0.3) is 0 Å². The highest BCUT2D eigenvalue weighted by atomic mass is 32.1. The Hall–Kier alpha value is -1.59. The Morgan fingerprint density at radius 3 is 2.95 bits per heavy atom. The van der Waals surface area contributed by atoms with Crippen molar-refractivity contribution in [1.29, 1.82) is 0 Å². The van der Waals surface area contributed by atoms with E-state index >= 15 is 0 Å². The molecule has 0 unspecified atom stereocenters. The Kier molecular flexibility index (Phi) is 3.95. The van der Waals surface area contributed by atoms with Crippen LogP contribution in [0.3, 0.4) is 0 Å². The van der Waals surface area contributed by atoms with Gasteiger partial charge < -0.3 is 14.8 Å². The summed E-state index contributed by atoms with van der Waals surface area (Å²) in [6.07, 6.45) is 0.966. The van der Waals surface area contributed by atoms with Crippen molar-refractivity contribution >= 4 is 11.3 Å². The highest BCUT2D eigenvalue weighted by molar-refractivity contribution is 7.07. The maximum Gasteiger partial charge on any atom is 0.161 e. The van der Waals surface area contributed by atoms with Gasteiger partial charge in [-0.15, -0.1) is 11.3 Å². The minimum Gasteiger partial charge on any atom is -0.486 e. The SMILES string of the molecule is c1nc(CCNCc2ccc3c(c2)OCCO3)cs1. The summed E-state index contributed by atoms with van der Waals surface area (Å²) in [4.78, 5) is 4.26. The molecule has 1 aromatic carbocycles. The quantitative estimate of drug-likeness (QED) is 0.851. The number of benzene rings is 1. The van der Waals surface area contributed by atoms with Gasteiger partial charge in [0.2, 0.25) is 0 Å². The highest BCUT2D eigenvalue weighted by Crippen LogP contribution is 2.30. The minimum absolute atomic E-state index is 0.633. The fraction of sp³-hybridized carbons (Fsp3) is 0.357. The van der Waals surface area contributed by atoms with E-state index < -0.39 is 0 Å². The van der Waals surface area contributed by atoms with Gasteiger partial charge in [0.05, 0.1) is 11.2 Å². The first-order chi connectivity index (χ1) is 9.42. The summed E-state index contributed by atoms with van der Waals surface area (Å²) in [7, 11) is 0. The second kappa shape index (κ2) is 6.04. The van der Waals surface area contributed by atoms with Crippen LogP contribution in [0.5, 0.6) is 11.5 Å². The molecule has 3 rings (SSSR count). The number of fused-ring (bicyclic) bond motifs is 1. The van der Waals surface area contributed by atoms with Crippen molar-refractivity contribution in [3.8, 4) is 11.5 Å². The number of ether oxygens (including phenoxy) is 2. The summed E-state index contributed by atoms with van der Waals surface area (Å²) < 4.78 is 11.1. The molecule has 2 heterocycles. The summed E-state index contributed by atoms with van der Waals surface area (Å²) in [6.45, 7) is 3.03. The van der Waals surface area contributed by atoms with Gasteiger partial charge in [-0.2, -0.15) is 0 Å². The second-order valence-electron chi connectivity index (χ2n) is 4.38. The van der Waals surface area contributed by atoms with Crippen LogP contribution in [-0.2, 0) is 13.0 Å². The van der Waals surface area contributed by atoms with E-state index in [1.807, 2.05) is 17.6 Å². The molecular formula is C14H16N2O2S. The molecule has 0 atom stereocenters. The summed E-state index contributed by atoms with van der Waals surface area (Å²) in [5.74, 6) is 1.70. The molecule has 5 heteroatoms. The topological polar surface area (TPSA) is 43.4 Å². The summed E-state index contributed by atoms with van der Waals surface area (Å²) in [6, 6.07) is 6.10. The molecule has 2 aromatic rings. The standard InChI is InChI=1S/C14H16N2O2S/c1-2-13-14(18-6-5-17-13)7-11(1)8-15-4-3-12-9-19-10-16-12/h1-2,7,9-10,15H,3-6,8H2. The molecule has 1 N–H and O–H groups in total. The van der Waals surface area contributed by atoms with Crippen molar-refractivity contribution in [2.75, 3.05) is 19.8 Å². The van der Waals surface area contributed by atoms with Gasteiger partial charge in [-0.05, 0) is 17.7 Å². The molecule has 0 spiro atoms. The Morgan fingerprint density at radius 1 is 1.21 bits per heavy atom. The Labute approximate surface area is 116 Å². The number of thiazole rings is 1. The Balaban J connectivity index is 1.50. The number of hydrogen-bond acceptors (Lipinski definition) is 5. The lowest BCUT2D eigenvalue weighted by atomic mass is 10.2. The summed E-state index contributed by atoms with van der Waals surface area (Å²) >= 11 is 1.64. The van der Waals surface area contributed by atoms with Crippen LogP contribution in [0.4, 0.5) is 0 Å². The molecule has 0 saturated carbocycles. The predicted molar refractivity (Wildman–Crippen MR) is 75.0 cm³/mol. The van der Waals surface area contributed by atoms with E-state index in [0.29, 0.717) is 13.2 Å². The van der Waals surface area contributed by atoms with E-state index in [9.17, 15) is 0 Å². The molecule has 0 bridgehead atoms. The first-order valence-corrected chi connectivity index (χ1v) is 7.32. The Bertz CT molecular complexity index is 528. The predicted octanol–water partition coefficient (Wildman–Crippen LogP) is 2.25. The van der Waals surface area contributed by atoms with E-state index in [4.69, 9.17) is 9.47 Å². The monoisotopic (exact) mass is 276 g/mol. The minimum atomic E-state index is 0.633. The van der Waals surface area contributed by atoms with E-state index in [1.54, 1.807) is 11.3 Å². The van der Waals surface area contributed by atoms with E-state index in [2.05, 4.69) is 21.7 Å². The molecule has 0 aliphatic carbocycles. The molecule has 0 fully saturated rings. The largest absolute Gasteiger partial charge is 0.486 e. The van der Waals surface area contributed by atoms with Crippen LogP contribution in [0.25, 0.3) is 0 Å². The molecule has 4 nitrogen and oxygen atoms in total. The van der Waals surface area contributed by atoms with Crippen LogP contribution in [0.2, 0.25) is 0 Å². The van der Waals surface area contributed by atoms with E-state index in [-0.39, 0.29) is 0 Å². The van der Waals surface area contributed by atoms with Crippen molar-refractivity contribution in [2.45, 2.75) is 13.0 Å². The lowest BCUT2D eigenvalue weighted by molar-refractivity contribution is 0.171. The van der Waals surface area contributed by atoms with Gasteiger partial charge in [-0.25, -0.2) is 4.98 Å². The van der Waals surface area contributed by atoms with Crippen molar-refractivity contribution < 1.29 is 9.47 Å². The zero-order valence-corrected chi connectivity index (χ0v) is 11.4. The Morgan fingerprint density at radius 2 is 2.11 bits per heavy atom. The molecule has 1 aromatic heterocycles. The van der Waals surface area contributed by atoms with Crippen molar-refractivity contribution in [1.82, 2.24) is 10.3 Å². The average molecular weight is 276 g/mol. The summed E-state index contributed by atoms with van der Waals surface area (Å²) in [5.41, 5.74) is 4.23. The number of nitrogens with zero attached hydrogens (tertiary/aromatic N) is 1. The van der Waals surface area contributed by atoms with Gasteiger partial charge >= 0.3 is 0 Å². The highest BCUT2D eigenvalue weighted by Gasteiger charge is 2.11. The molecular weight excluding hydrogens is 260 g/mol. The third kappa shape index (κ3) is 3.24. The number of rotatable bonds is 5. The van der Waals surface area contributed by atoms with Gasteiger partial charge in [0.15, 0.2) is 11.5 Å². The molecule has 1 aliphatic rings. The second-order valence-corrected chi connectivity index (χ2v) is 5.10. The van der Waals surface area contributed by atoms with Crippen LogP contribution in [0.15, 0.2) is 29.1 Å². The molecule has 1 aliphatic heterocycles. The van der Waals surface area contributed by atoms with Crippen molar-refractivity contribution in [3.05, 3.63) is 40.3 Å². The normalized spacial score (nSPS) is 13.5. The zero-order valence-electron chi connectivity index (χ0n) is 10.6. The van der Waals surface area contributed by atoms with Crippen LogP contribution in [0, 0.1) is 0 Å². The van der Waals surface area contributed by atoms with Crippen LogP contribution >= 0.6 is 11.3 Å². The third-order valence-electron chi connectivity index (χ3n) is 2.98. The van der Waals surface area contributed by atoms with E-state index in [1.165, 1.54) is 5.56 Å². The zero-order chi connectivity index (χ0) is 12.9. The third-order valence-corrected chi connectivity index (χ3v) is 3.61. The smallest absolute Gasteiger partial charge is 0.161 e. The van der Waals surface area contributed by atoms with E-state index in [0.717, 1.165) is 36.7 Å². The van der Waals surface area contributed by atoms with Gasteiger partial charge in [-0.1, -0.05) is 6.07 Å². The van der Waals surface area contributed by atoms with Crippen LogP contribution < -0.4 is 14.8 Å². The van der Waals surface area contributed by atoms with Gasteiger partial charge in [0.1, 0.15) is 13.2 Å². The lowest BCUT2D eigenvalue weighted by Gasteiger charge is -2.18. The fourth-order valence-corrected chi connectivity index (χ4v) is 2.60. The number of aromatic nitrogens is 1. The summed E-state index contributed by atoms with van der Waals surface area (Å²) in [5, 5.41) is 5.50. The molecule has 0 amide bonds. The maximum absolute atomic E-state index is 5.57.